The van der Waals surface area contributed by atoms with Crippen LogP contribution in [-0.4, -0.2) is 15.8 Å². The van der Waals surface area contributed by atoms with E-state index in [1.807, 2.05) is 62.4 Å². The Balaban J connectivity index is 1.72. The lowest BCUT2D eigenvalue weighted by molar-refractivity contribution is -0.385. The minimum absolute atomic E-state index is 0.0202. The zero-order valence-electron chi connectivity index (χ0n) is 16.9. The first-order valence-corrected chi connectivity index (χ1v) is 11.2. The fraction of sp³-hybridized carbons (Fsp3) is 0.130. The number of hydrogen-bond acceptors (Lipinski definition) is 6. The number of amides is 1. The van der Waals surface area contributed by atoms with Gasteiger partial charge in [-0.25, -0.2) is 0 Å². The lowest BCUT2D eigenvalue weighted by Gasteiger charge is -2.25. The van der Waals surface area contributed by atoms with Crippen molar-refractivity contribution in [1.29, 1.82) is 0 Å². The van der Waals surface area contributed by atoms with Crippen LogP contribution >= 0.6 is 23.1 Å². The summed E-state index contributed by atoms with van der Waals surface area (Å²) in [6.07, 6.45) is 1.70. The number of rotatable bonds is 6. The van der Waals surface area contributed by atoms with E-state index < -0.39 is 10.5 Å². The van der Waals surface area contributed by atoms with Crippen LogP contribution < -0.4 is 5.32 Å². The molecule has 0 unspecified atom stereocenters. The SMILES string of the molecule is CC(C)(NC(=O)c1sc2ccccc2c1Sc1cccc([N+](=O)[O-])c1)c1ccccn1. The van der Waals surface area contributed by atoms with Crippen molar-refractivity contribution in [2.45, 2.75) is 29.2 Å². The Kier molecular flexibility index (Phi) is 5.75. The van der Waals surface area contributed by atoms with Gasteiger partial charge < -0.3 is 5.32 Å². The third kappa shape index (κ3) is 4.45. The number of nitro benzene ring substituents is 1. The molecular formula is C23H19N3O3S2. The van der Waals surface area contributed by atoms with Crippen LogP contribution in [0.5, 0.6) is 0 Å². The first-order chi connectivity index (χ1) is 14.8. The van der Waals surface area contributed by atoms with Gasteiger partial charge in [0, 0.05) is 38.2 Å². The maximum atomic E-state index is 13.3. The summed E-state index contributed by atoms with van der Waals surface area (Å²) in [7, 11) is 0. The number of carbonyl (C=O) groups is 1. The van der Waals surface area contributed by atoms with E-state index in [0.29, 0.717) is 9.77 Å². The molecule has 0 fully saturated rings. The summed E-state index contributed by atoms with van der Waals surface area (Å²) in [4.78, 5) is 30.5. The molecule has 0 saturated heterocycles. The van der Waals surface area contributed by atoms with Gasteiger partial charge >= 0.3 is 0 Å². The summed E-state index contributed by atoms with van der Waals surface area (Å²) in [5.41, 5.74) is 0.117. The number of aromatic nitrogens is 1. The number of carbonyl (C=O) groups excluding carboxylic acids is 1. The van der Waals surface area contributed by atoms with E-state index in [9.17, 15) is 14.9 Å². The van der Waals surface area contributed by atoms with Gasteiger partial charge in [0.1, 0.15) is 4.88 Å². The smallest absolute Gasteiger partial charge is 0.270 e. The lowest BCUT2D eigenvalue weighted by atomic mass is 10.00. The summed E-state index contributed by atoms with van der Waals surface area (Å²) in [5.74, 6) is -0.204. The number of fused-ring (bicyclic) bond motifs is 1. The lowest BCUT2D eigenvalue weighted by Crippen LogP contribution is -2.41. The highest BCUT2D eigenvalue weighted by Gasteiger charge is 2.28. The molecule has 156 valence electrons. The number of benzene rings is 2. The third-order valence-electron chi connectivity index (χ3n) is 4.74. The number of hydrogen-bond donors (Lipinski definition) is 1. The van der Waals surface area contributed by atoms with E-state index in [4.69, 9.17) is 0 Å². The Hall–Kier alpha value is -3.23. The van der Waals surface area contributed by atoms with Crippen LogP contribution in [-0.2, 0) is 5.54 Å². The van der Waals surface area contributed by atoms with Crippen molar-refractivity contribution in [1.82, 2.24) is 10.3 Å². The predicted octanol–water partition coefficient (Wildman–Crippen LogP) is 6.02. The zero-order chi connectivity index (χ0) is 22.0. The van der Waals surface area contributed by atoms with Crippen LogP contribution in [0.4, 0.5) is 5.69 Å². The molecule has 0 spiro atoms. The van der Waals surface area contributed by atoms with Crippen molar-refractivity contribution in [2.75, 3.05) is 0 Å². The van der Waals surface area contributed by atoms with Crippen molar-refractivity contribution in [3.63, 3.8) is 0 Å². The van der Waals surface area contributed by atoms with E-state index >= 15 is 0 Å². The molecule has 31 heavy (non-hydrogen) atoms. The molecule has 4 aromatic rings. The molecule has 4 rings (SSSR count). The summed E-state index contributed by atoms with van der Waals surface area (Å²) < 4.78 is 0.983. The predicted molar refractivity (Wildman–Crippen MR) is 124 cm³/mol. The Morgan fingerprint density at radius 3 is 2.61 bits per heavy atom. The van der Waals surface area contributed by atoms with Crippen LogP contribution in [0.25, 0.3) is 10.1 Å². The van der Waals surface area contributed by atoms with Crippen molar-refractivity contribution >= 4 is 44.8 Å². The van der Waals surface area contributed by atoms with Gasteiger partial charge in [0.05, 0.1) is 16.2 Å². The standard InChI is InChI=1S/C23H19N3O3S2/c1-23(2,19-12-5-6-13-24-19)25-22(27)21-20(17-10-3-4-11-18(17)31-21)30-16-9-7-8-15(14-16)26(28)29/h3-14H,1-2H3,(H,25,27). The summed E-state index contributed by atoms with van der Waals surface area (Å²) >= 11 is 2.77. The van der Waals surface area contributed by atoms with Crippen molar-refractivity contribution in [2.24, 2.45) is 0 Å². The maximum absolute atomic E-state index is 13.3. The van der Waals surface area contributed by atoms with Crippen LogP contribution in [0.2, 0.25) is 0 Å². The molecule has 2 aromatic carbocycles. The minimum atomic E-state index is -0.665. The van der Waals surface area contributed by atoms with Crippen LogP contribution in [0.15, 0.2) is 82.7 Å². The van der Waals surface area contributed by atoms with E-state index in [1.165, 1.54) is 35.2 Å². The summed E-state index contributed by atoms with van der Waals surface area (Å²) in [6, 6.07) is 19.8. The second-order valence-corrected chi connectivity index (χ2v) is 9.54. The van der Waals surface area contributed by atoms with Gasteiger partial charge in [-0.1, -0.05) is 42.1 Å². The average Bonchev–Trinajstić information content (AvgIpc) is 3.13. The largest absolute Gasteiger partial charge is 0.341 e. The number of nitrogens with zero attached hydrogens (tertiary/aromatic N) is 2. The molecule has 0 radical (unpaired) electrons. The van der Waals surface area contributed by atoms with Crippen LogP contribution in [0.1, 0.15) is 29.2 Å². The summed E-state index contributed by atoms with van der Waals surface area (Å²) in [5, 5.41) is 15.2. The Morgan fingerprint density at radius 1 is 1.10 bits per heavy atom. The molecule has 6 nitrogen and oxygen atoms in total. The maximum Gasteiger partial charge on any atom is 0.270 e. The number of thiophene rings is 1. The second-order valence-electron chi connectivity index (χ2n) is 7.41. The molecule has 0 aliphatic heterocycles. The molecular weight excluding hydrogens is 430 g/mol. The molecule has 1 N–H and O–H groups in total. The quantitative estimate of drug-likeness (QED) is 0.287. The van der Waals surface area contributed by atoms with E-state index in [2.05, 4.69) is 10.3 Å². The molecule has 2 aromatic heterocycles. The highest BCUT2D eigenvalue weighted by Crippen LogP contribution is 2.42. The first-order valence-electron chi connectivity index (χ1n) is 9.53. The molecule has 1 amide bonds. The molecule has 0 saturated carbocycles. The van der Waals surface area contributed by atoms with Crippen molar-refractivity contribution in [3.05, 3.63) is 93.6 Å². The monoisotopic (exact) mass is 449 g/mol. The molecule has 0 aliphatic rings. The number of nitro groups is 1. The number of non-ortho nitro benzene ring substituents is 1. The van der Waals surface area contributed by atoms with E-state index in [1.54, 1.807) is 12.3 Å². The van der Waals surface area contributed by atoms with E-state index in [0.717, 1.165) is 20.7 Å². The normalized spacial score (nSPS) is 11.4. The Morgan fingerprint density at radius 2 is 1.87 bits per heavy atom. The fourth-order valence-corrected chi connectivity index (χ4v) is 5.53. The first kappa shape index (κ1) is 21.0. The van der Waals surface area contributed by atoms with Crippen LogP contribution in [0.3, 0.4) is 0 Å². The zero-order valence-corrected chi connectivity index (χ0v) is 18.5. The van der Waals surface area contributed by atoms with Gasteiger partial charge in [0.15, 0.2) is 0 Å². The second kappa shape index (κ2) is 8.49. The highest BCUT2D eigenvalue weighted by atomic mass is 32.2. The number of pyridine rings is 1. The van der Waals surface area contributed by atoms with Gasteiger partial charge in [-0.2, -0.15) is 0 Å². The van der Waals surface area contributed by atoms with Gasteiger partial charge in [0.25, 0.3) is 11.6 Å². The van der Waals surface area contributed by atoms with Gasteiger partial charge in [-0.3, -0.25) is 19.9 Å². The van der Waals surface area contributed by atoms with Crippen LogP contribution in [0, 0.1) is 10.1 Å². The molecule has 8 heteroatoms. The van der Waals surface area contributed by atoms with Gasteiger partial charge in [0.2, 0.25) is 0 Å². The molecule has 2 heterocycles. The topological polar surface area (TPSA) is 85.1 Å². The third-order valence-corrected chi connectivity index (χ3v) is 7.15. The molecule has 0 bridgehead atoms. The van der Waals surface area contributed by atoms with Crippen molar-refractivity contribution < 1.29 is 9.72 Å². The Bertz CT molecular complexity index is 1270. The number of nitrogens with one attached hydrogen (secondary N) is 1. The van der Waals surface area contributed by atoms with E-state index in [-0.39, 0.29) is 11.6 Å². The average molecular weight is 450 g/mol. The fourth-order valence-electron chi connectivity index (χ4n) is 3.19. The van der Waals surface area contributed by atoms with Crippen molar-refractivity contribution in [3.8, 4) is 0 Å². The van der Waals surface area contributed by atoms with Gasteiger partial charge in [-0.15, -0.1) is 11.3 Å². The molecule has 0 aliphatic carbocycles. The minimum Gasteiger partial charge on any atom is -0.341 e. The Labute approximate surface area is 187 Å². The van der Waals surface area contributed by atoms with Gasteiger partial charge in [-0.05, 0) is 38.1 Å². The summed E-state index contributed by atoms with van der Waals surface area (Å²) in [6.45, 7) is 3.82. The highest BCUT2D eigenvalue weighted by molar-refractivity contribution is 7.99. The molecule has 0 atom stereocenters.